The van der Waals surface area contributed by atoms with Gasteiger partial charge in [0.05, 0.1) is 13.7 Å². The number of carbonyl (C=O) groups is 3. The van der Waals surface area contributed by atoms with Crippen molar-refractivity contribution in [2.75, 3.05) is 26.9 Å². The molecule has 0 aromatic heterocycles. The highest BCUT2D eigenvalue weighted by Gasteiger charge is 2.49. The summed E-state index contributed by atoms with van der Waals surface area (Å²) in [6.07, 6.45) is 1.69. The molecule has 2 heterocycles. The fourth-order valence-electron chi connectivity index (χ4n) is 3.43. The fourth-order valence-corrected chi connectivity index (χ4v) is 3.43. The van der Waals surface area contributed by atoms with Crippen molar-refractivity contribution in [3.05, 3.63) is 35.9 Å². The molecule has 2 atom stereocenters. The largest absolute Gasteiger partial charge is 0.467 e. The molecule has 7 heteroatoms. The van der Waals surface area contributed by atoms with Gasteiger partial charge in [-0.1, -0.05) is 18.2 Å². The van der Waals surface area contributed by atoms with Gasteiger partial charge in [-0.2, -0.15) is 0 Å². The van der Waals surface area contributed by atoms with Crippen molar-refractivity contribution in [3.8, 4) is 0 Å². The van der Waals surface area contributed by atoms with Crippen molar-refractivity contribution in [1.29, 1.82) is 0 Å². The predicted octanol–water partition coefficient (Wildman–Crippen LogP) is 0.739. The summed E-state index contributed by atoms with van der Waals surface area (Å²) in [5.41, 5.74) is -0.656. The number of rotatable bonds is 4. The summed E-state index contributed by atoms with van der Waals surface area (Å²) in [6, 6.07) is 8.14. The van der Waals surface area contributed by atoms with E-state index in [1.807, 2.05) is 6.07 Å². The summed E-state index contributed by atoms with van der Waals surface area (Å²) in [7, 11) is 1.31. The number of likely N-dealkylation sites (tertiary alicyclic amines) is 1. The van der Waals surface area contributed by atoms with Crippen LogP contribution in [0.4, 0.5) is 0 Å². The summed E-state index contributed by atoms with van der Waals surface area (Å²) in [6.45, 7) is 0.966. The van der Waals surface area contributed by atoms with Gasteiger partial charge in [0, 0.05) is 25.1 Å². The summed E-state index contributed by atoms with van der Waals surface area (Å²) >= 11 is 0. The first-order valence-corrected chi connectivity index (χ1v) is 8.41. The van der Waals surface area contributed by atoms with Gasteiger partial charge in [-0.05, 0) is 25.0 Å². The Bertz CT molecular complexity index is 655. The average Bonchev–Trinajstić information content (AvgIpc) is 3.31. The molecule has 2 fully saturated rings. The predicted molar refractivity (Wildman–Crippen MR) is 88.8 cm³/mol. The monoisotopic (exact) mass is 346 g/mol. The van der Waals surface area contributed by atoms with Gasteiger partial charge in [-0.25, -0.2) is 4.79 Å². The first-order chi connectivity index (χ1) is 12.1. The van der Waals surface area contributed by atoms with Crippen LogP contribution in [0.3, 0.4) is 0 Å². The van der Waals surface area contributed by atoms with Crippen LogP contribution in [-0.2, 0) is 19.1 Å². The highest BCUT2D eigenvalue weighted by molar-refractivity contribution is 6.00. The molecule has 3 rings (SSSR count). The van der Waals surface area contributed by atoms with Gasteiger partial charge in [-0.3, -0.25) is 9.59 Å². The van der Waals surface area contributed by atoms with Crippen molar-refractivity contribution in [1.82, 2.24) is 10.2 Å². The normalized spacial score (nSPS) is 25.6. The van der Waals surface area contributed by atoms with Crippen LogP contribution >= 0.6 is 0 Å². The first-order valence-electron chi connectivity index (χ1n) is 8.41. The number of nitrogens with zero attached hydrogens (tertiary/aromatic N) is 1. The molecule has 1 aromatic rings. The van der Waals surface area contributed by atoms with E-state index in [1.54, 1.807) is 24.3 Å². The van der Waals surface area contributed by atoms with Gasteiger partial charge in [-0.15, -0.1) is 0 Å². The van der Waals surface area contributed by atoms with Crippen LogP contribution in [0.25, 0.3) is 0 Å². The minimum Gasteiger partial charge on any atom is -0.467 e. The molecule has 0 radical (unpaired) electrons. The van der Waals surface area contributed by atoms with Crippen LogP contribution in [0.5, 0.6) is 0 Å². The number of esters is 1. The highest BCUT2D eigenvalue weighted by atomic mass is 16.5. The van der Waals surface area contributed by atoms with E-state index in [1.165, 1.54) is 12.0 Å². The van der Waals surface area contributed by atoms with Crippen molar-refractivity contribution in [2.24, 2.45) is 0 Å². The van der Waals surface area contributed by atoms with Crippen LogP contribution in [0.2, 0.25) is 0 Å². The van der Waals surface area contributed by atoms with Gasteiger partial charge in [0.2, 0.25) is 0 Å². The van der Waals surface area contributed by atoms with Crippen LogP contribution < -0.4 is 5.32 Å². The third-order valence-corrected chi connectivity index (χ3v) is 4.81. The molecule has 1 aromatic carbocycles. The second kappa shape index (κ2) is 7.23. The Hall–Kier alpha value is -2.41. The highest BCUT2D eigenvalue weighted by Crippen LogP contribution is 2.28. The zero-order chi connectivity index (χ0) is 17.9. The molecule has 2 amide bonds. The molecule has 2 saturated heterocycles. The van der Waals surface area contributed by atoms with Gasteiger partial charge >= 0.3 is 5.97 Å². The van der Waals surface area contributed by atoms with Crippen LogP contribution in [0.15, 0.2) is 30.3 Å². The summed E-state index contributed by atoms with van der Waals surface area (Å²) in [5, 5.41) is 2.86. The Balaban J connectivity index is 1.81. The first kappa shape index (κ1) is 17.4. The molecule has 7 nitrogen and oxygen atoms in total. The number of nitrogens with one attached hydrogen (secondary N) is 1. The second-order valence-electron chi connectivity index (χ2n) is 6.38. The zero-order valence-electron chi connectivity index (χ0n) is 14.2. The number of amides is 2. The van der Waals surface area contributed by atoms with Gasteiger partial charge in [0.25, 0.3) is 11.8 Å². The van der Waals surface area contributed by atoms with E-state index in [0.29, 0.717) is 31.6 Å². The number of ether oxygens (including phenoxy) is 2. The quantitative estimate of drug-likeness (QED) is 0.813. The lowest BCUT2D eigenvalue weighted by Crippen LogP contribution is -2.61. The molecule has 0 saturated carbocycles. The molecule has 1 N–H and O–H groups in total. The third-order valence-electron chi connectivity index (χ3n) is 4.81. The van der Waals surface area contributed by atoms with Crippen LogP contribution in [0.1, 0.15) is 29.6 Å². The second-order valence-corrected chi connectivity index (χ2v) is 6.38. The molecule has 2 aliphatic rings. The average molecular weight is 346 g/mol. The number of benzene rings is 1. The number of methoxy groups -OCH3 is 1. The van der Waals surface area contributed by atoms with Gasteiger partial charge in [0.1, 0.15) is 11.6 Å². The van der Waals surface area contributed by atoms with E-state index in [4.69, 9.17) is 9.47 Å². The minimum absolute atomic E-state index is 0.106. The fraction of sp³-hybridized carbons (Fsp3) is 0.500. The van der Waals surface area contributed by atoms with E-state index in [9.17, 15) is 14.4 Å². The molecule has 0 aliphatic carbocycles. The Morgan fingerprint density at radius 2 is 2.04 bits per heavy atom. The third kappa shape index (κ3) is 3.37. The molecule has 0 spiro atoms. The Kier molecular flexibility index (Phi) is 5.03. The Morgan fingerprint density at radius 1 is 1.28 bits per heavy atom. The molecule has 0 bridgehead atoms. The van der Waals surface area contributed by atoms with Gasteiger partial charge < -0.3 is 19.7 Å². The SMILES string of the molecule is COC(=O)[C@@H]1CCCN1C(=O)[C@@]1(NC(=O)c2ccccc2)CCOC1. The maximum absolute atomic E-state index is 13.2. The lowest BCUT2D eigenvalue weighted by molar-refractivity contribution is -0.153. The molecule has 25 heavy (non-hydrogen) atoms. The summed E-state index contributed by atoms with van der Waals surface area (Å²) in [5.74, 6) is -1.02. The topological polar surface area (TPSA) is 84.9 Å². The van der Waals surface area contributed by atoms with Crippen molar-refractivity contribution >= 4 is 17.8 Å². The number of hydrogen-bond donors (Lipinski definition) is 1. The molecule has 134 valence electrons. The van der Waals surface area contributed by atoms with Crippen LogP contribution in [0, 0.1) is 0 Å². The van der Waals surface area contributed by atoms with Crippen LogP contribution in [-0.4, -0.2) is 61.1 Å². The zero-order valence-corrected chi connectivity index (χ0v) is 14.2. The van der Waals surface area contributed by atoms with E-state index in [0.717, 1.165) is 6.42 Å². The number of carbonyl (C=O) groups excluding carboxylic acids is 3. The summed E-state index contributed by atoms with van der Waals surface area (Å²) in [4.78, 5) is 39.2. The van der Waals surface area contributed by atoms with Crippen molar-refractivity contribution in [3.63, 3.8) is 0 Å². The number of hydrogen-bond acceptors (Lipinski definition) is 5. The maximum Gasteiger partial charge on any atom is 0.328 e. The van der Waals surface area contributed by atoms with E-state index in [-0.39, 0.29) is 18.4 Å². The Morgan fingerprint density at radius 3 is 2.68 bits per heavy atom. The smallest absolute Gasteiger partial charge is 0.328 e. The minimum atomic E-state index is -1.14. The lowest BCUT2D eigenvalue weighted by Gasteiger charge is -2.34. The maximum atomic E-state index is 13.2. The Labute approximate surface area is 146 Å². The van der Waals surface area contributed by atoms with E-state index >= 15 is 0 Å². The summed E-state index contributed by atoms with van der Waals surface area (Å²) < 4.78 is 10.2. The molecular formula is C18H22N2O5. The van der Waals surface area contributed by atoms with Crippen molar-refractivity contribution < 1.29 is 23.9 Å². The standard InChI is InChI=1S/C18H22N2O5/c1-24-16(22)14-8-5-10-20(14)17(23)18(9-11-25-12-18)19-15(21)13-6-3-2-4-7-13/h2-4,6-7,14H,5,8-12H2,1H3,(H,19,21)/t14-,18+/m0/s1. The molecule has 0 unspecified atom stereocenters. The van der Waals surface area contributed by atoms with Crippen molar-refractivity contribution in [2.45, 2.75) is 30.8 Å². The lowest BCUT2D eigenvalue weighted by atomic mass is 9.95. The van der Waals surface area contributed by atoms with E-state index in [2.05, 4.69) is 5.32 Å². The molecule has 2 aliphatic heterocycles. The van der Waals surface area contributed by atoms with Gasteiger partial charge in [0.15, 0.2) is 0 Å². The molecular weight excluding hydrogens is 324 g/mol. The van der Waals surface area contributed by atoms with E-state index < -0.39 is 17.6 Å².